The largest absolute Gasteiger partial charge is 0.480 e. The number of carboxylic acid groups (broad SMARTS) is 1. The molecule has 4 nitrogen and oxygen atoms in total. The van der Waals surface area contributed by atoms with Gasteiger partial charge in [0, 0.05) is 23.3 Å². The smallest absolute Gasteiger partial charge is 0.321 e. The number of rotatable bonds is 4. The van der Waals surface area contributed by atoms with E-state index < -0.39 is 29.7 Å². The summed E-state index contributed by atoms with van der Waals surface area (Å²) in [6.45, 7) is 3.32. The van der Waals surface area contributed by atoms with E-state index in [0.717, 1.165) is 0 Å². The van der Waals surface area contributed by atoms with Gasteiger partial charge in [-0.15, -0.1) is 12.3 Å². The van der Waals surface area contributed by atoms with Crippen LogP contribution >= 0.6 is 11.6 Å². The Morgan fingerprint density at radius 2 is 2.29 bits per heavy atom. The molecular formula is C18H19ClFNO3. The summed E-state index contributed by atoms with van der Waals surface area (Å²) >= 11 is 5.87. The van der Waals surface area contributed by atoms with Crippen molar-refractivity contribution in [1.82, 2.24) is 5.32 Å². The van der Waals surface area contributed by atoms with Gasteiger partial charge in [0.15, 0.2) is 0 Å². The highest BCUT2D eigenvalue weighted by Gasteiger charge is 2.50. The lowest BCUT2D eigenvalue weighted by Crippen LogP contribution is -2.46. The van der Waals surface area contributed by atoms with E-state index in [0.29, 0.717) is 19.6 Å². The Kier molecular flexibility index (Phi) is 4.56. The van der Waals surface area contributed by atoms with Crippen LogP contribution in [-0.2, 0) is 9.53 Å². The molecule has 0 spiro atoms. The number of carbonyl (C=O) groups is 1. The lowest BCUT2D eigenvalue weighted by Gasteiger charge is -2.40. The SMILES string of the molecule is C#CC1[C@@H](c2cccc(Cl)c2F)C(C(=O)O)N[C@H]1CC1(C)COC1. The molecule has 1 aromatic carbocycles. The van der Waals surface area contributed by atoms with Crippen molar-refractivity contribution in [3.8, 4) is 12.3 Å². The second kappa shape index (κ2) is 6.36. The third-order valence-corrected chi connectivity index (χ3v) is 5.28. The number of ether oxygens (including phenoxy) is 1. The molecule has 0 aliphatic carbocycles. The van der Waals surface area contributed by atoms with Gasteiger partial charge >= 0.3 is 5.97 Å². The average Bonchev–Trinajstić information content (AvgIpc) is 2.86. The predicted molar refractivity (Wildman–Crippen MR) is 88.4 cm³/mol. The van der Waals surface area contributed by atoms with Gasteiger partial charge in [-0.25, -0.2) is 4.39 Å². The summed E-state index contributed by atoms with van der Waals surface area (Å²) < 4.78 is 19.8. The normalized spacial score (nSPS) is 31.2. The number of nitrogens with one attached hydrogen (secondary N) is 1. The minimum Gasteiger partial charge on any atom is -0.480 e. The molecule has 2 heterocycles. The molecule has 2 unspecified atom stereocenters. The molecule has 24 heavy (non-hydrogen) atoms. The second-order valence-electron chi connectivity index (χ2n) is 6.96. The van der Waals surface area contributed by atoms with Gasteiger partial charge in [-0.05, 0) is 18.1 Å². The zero-order chi connectivity index (χ0) is 17.5. The number of carboxylic acids is 1. The lowest BCUT2D eigenvalue weighted by atomic mass is 9.75. The molecular weight excluding hydrogens is 333 g/mol. The first-order valence-corrected chi connectivity index (χ1v) is 8.21. The van der Waals surface area contributed by atoms with Gasteiger partial charge in [-0.1, -0.05) is 30.7 Å². The monoisotopic (exact) mass is 351 g/mol. The first-order valence-electron chi connectivity index (χ1n) is 7.83. The molecule has 0 bridgehead atoms. The molecule has 4 atom stereocenters. The van der Waals surface area contributed by atoms with Crippen LogP contribution in [0, 0.1) is 29.5 Å². The van der Waals surface area contributed by atoms with E-state index in [2.05, 4.69) is 18.2 Å². The number of hydrogen-bond acceptors (Lipinski definition) is 3. The molecule has 0 amide bonds. The van der Waals surface area contributed by atoms with E-state index in [1.54, 1.807) is 12.1 Å². The molecule has 2 aliphatic heterocycles. The molecule has 0 aromatic heterocycles. The van der Waals surface area contributed by atoms with E-state index >= 15 is 0 Å². The van der Waals surface area contributed by atoms with Crippen molar-refractivity contribution >= 4 is 17.6 Å². The van der Waals surface area contributed by atoms with Crippen LogP contribution in [0.15, 0.2) is 18.2 Å². The molecule has 128 valence electrons. The Morgan fingerprint density at radius 1 is 1.58 bits per heavy atom. The zero-order valence-electron chi connectivity index (χ0n) is 13.3. The van der Waals surface area contributed by atoms with Crippen molar-refractivity contribution in [2.24, 2.45) is 11.3 Å². The maximum atomic E-state index is 14.5. The topological polar surface area (TPSA) is 58.6 Å². The van der Waals surface area contributed by atoms with E-state index in [4.69, 9.17) is 22.8 Å². The van der Waals surface area contributed by atoms with Crippen LogP contribution in [0.1, 0.15) is 24.8 Å². The molecule has 2 N–H and O–H groups in total. The lowest BCUT2D eigenvalue weighted by molar-refractivity contribution is -0.139. The molecule has 1 aromatic rings. The summed E-state index contributed by atoms with van der Waals surface area (Å²) in [5.41, 5.74) is 0.222. The fourth-order valence-corrected chi connectivity index (χ4v) is 3.96. The zero-order valence-corrected chi connectivity index (χ0v) is 14.0. The van der Waals surface area contributed by atoms with Crippen LogP contribution < -0.4 is 5.32 Å². The summed E-state index contributed by atoms with van der Waals surface area (Å²) in [6.07, 6.45) is 6.40. The highest BCUT2D eigenvalue weighted by atomic mass is 35.5. The number of benzene rings is 1. The van der Waals surface area contributed by atoms with Crippen molar-refractivity contribution in [3.05, 3.63) is 34.6 Å². The van der Waals surface area contributed by atoms with Gasteiger partial charge in [-0.2, -0.15) is 0 Å². The first kappa shape index (κ1) is 17.2. The maximum Gasteiger partial charge on any atom is 0.321 e. The van der Waals surface area contributed by atoms with Gasteiger partial charge in [0.1, 0.15) is 11.9 Å². The highest BCUT2D eigenvalue weighted by Crippen LogP contribution is 2.43. The third kappa shape index (κ3) is 2.90. The van der Waals surface area contributed by atoms with Gasteiger partial charge in [0.2, 0.25) is 0 Å². The second-order valence-corrected chi connectivity index (χ2v) is 7.37. The fourth-order valence-electron chi connectivity index (χ4n) is 3.78. The number of halogens is 2. The van der Waals surface area contributed by atoms with Gasteiger partial charge in [0.25, 0.3) is 0 Å². The standard InChI is InChI=1S/C18H19ClFNO3/c1-3-10-13(7-18(2)8-24-9-18)21-16(17(22)23)14(10)11-5-4-6-12(19)15(11)20/h1,4-6,10,13-14,16,21H,7-9H2,2H3,(H,22,23)/t10?,13-,14-,16?/m0/s1. The van der Waals surface area contributed by atoms with Gasteiger partial charge < -0.3 is 9.84 Å². The molecule has 6 heteroatoms. The quantitative estimate of drug-likeness (QED) is 0.819. The van der Waals surface area contributed by atoms with E-state index in [1.165, 1.54) is 6.07 Å². The fraction of sp³-hybridized carbons (Fsp3) is 0.500. The molecule has 2 aliphatic rings. The van der Waals surface area contributed by atoms with Gasteiger partial charge in [-0.3, -0.25) is 10.1 Å². The summed E-state index contributed by atoms with van der Waals surface area (Å²) in [5, 5.41) is 12.7. The van der Waals surface area contributed by atoms with Crippen LogP contribution in [-0.4, -0.2) is 36.4 Å². The van der Waals surface area contributed by atoms with E-state index in [9.17, 15) is 14.3 Å². The number of hydrogen-bond donors (Lipinski definition) is 2. The summed E-state index contributed by atoms with van der Waals surface area (Å²) in [6, 6.07) is 3.45. The highest BCUT2D eigenvalue weighted by molar-refractivity contribution is 6.30. The van der Waals surface area contributed by atoms with Crippen molar-refractivity contribution in [2.45, 2.75) is 31.3 Å². The van der Waals surface area contributed by atoms with E-state index in [-0.39, 0.29) is 22.0 Å². The predicted octanol–water partition coefficient (Wildman–Crippen LogP) is 2.66. The Balaban J connectivity index is 1.96. The molecule has 2 saturated heterocycles. The minimum absolute atomic E-state index is 0.0302. The first-order chi connectivity index (χ1) is 11.4. The molecule has 3 rings (SSSR count). The molecule has 0 saturated carbocycles. The van der Waals surface area contributed by atoms with Crippen LogP contribution in [0.3, 0.4) is 0 Å². The maximum absolute atomic E-state index is 14.5. The van der Waals surface area contributed by atoms with Crippen LogP contribution in [0.2, 0.25) is 5.02 Å². The summed E-state index contributed by atoms with van der Waals surface area (Å²) in [7, 11) is 0. The van der Waals surface area contributed by atoms with Crippen molar-refractivity contribution < 1.29 is 19.0 Å². The summed E-state index contributed by atoms with van der Waals surface area (Å²) in [4.78, 5) is 11.7. The van der Waals surface area contributed by atoms with Crippen molar-refractivity contribution in [2.75, 3.05) is 13.2 Å². The van der Waals surface area contributed by atoms with Crippen LogP contribution in [0.4, 0.5) is 4.39 Å². The third-order valence-electron chi connectivity index (χ3n) is 4.99. The van der Waals surface area contributed by atoms with Crippen LogP contribution in [0.25, 0.3) is 0 Å². The number of aliphatic carboxylic acids is 1. The van der Waals surface area contributed by atoms with E-state index in [1.807, 2.05) is 0 Å². The molecule has 0 radical (unpaired) electrons. The van der Waals surface area contributed by atoms with Gasteiger partial charge in [0.05, 0.1) is 18.2 Å². The minimum atomic E-state index is -1.04. The number of terminal acetylenes is 1. The summed E-state index contributed by atoms with van der Waals surface area (Å²) in [5.74, 6) is -0.0562. The van der Waals surface area contributed by atoms with Crippen molar-refractivity contribution in [3.63, 3.8) is 0 Å². The Morgan fingerprint density at radius 3 is 2.83 bits per heavy atom. The van der Waals surface area contributed by atoms with Crippen LogP contribution in [0.5, 0.6) is 0 Å². The van der Waals surface area contributed by atoms with Crippen molar-refractivity contribution in [1.29, 1.82) is 0 Å². The Labute approximate surface area is 145 Å². The molecule has 2 fully saturated rings. The average molecular weight is 352 g/mol. The Bertz CT molecular complexity index is 698. The Hall–Kier alpha value is -1.61.